The van der Waals surface area contributed by atoms with Crippen LogP contribution < -0.4 is 5.73 Å². The van der Waals surface area contributed by atoms with E-state index in [1.54, 1.807) is 0 Å². The molecular weight excluding hydrogens is 205 g/mol. The molecule has 0 bridgehead atoms. The Kier molecular flexibility index (Phi) is 2.08. The maximum atomic E-state index is 12.9. The number of rotatable bonds is 0. The third-order valence-corrected chi connectivity index (χ3v) is 4.20. The average Bonchev–Trinajstić information content (AvgIpc) is 2.12. The fourth-order valence-electron chi connectivity index (χ4n) is 1.63. The third kappa shape index (κ3) is 1.42. The van der Waals surface area contributed by atoms with Gasteiger partial charge >= 0.3 is 0 Å². The lowest BCUT2D eigenvalue weighted by Gasteiger charge is -2.21. The molecule has 0 amide bonds. The number of nitrogens with two attached hydrogens (primary N) is 1. The molecule has 1 atom stereocenters. The largest absolute Gasteiger partial charge is 0.324 e. The summed E-state index contributed by atoms with van der Waals surface area (Å²) in [4.78, 5) is 0.0521. The minimum absolute atomic E-state index is 0.00458. The van der Waals surface area contributed by atoms with Gasteiger partial charge in [-0.2, -0.15) is 0 Å². The Balaban J connectivity index is 2.70. The van der Waals surface area contributed by atoms with Crippen LogP contribution in [0.1, 0.15) is 18.0 Å². The molecule has 0 spiro atoms. The molecule has 1 aromatic carbocycles. The van der Waals surface area contributed by atoms with E-state index in [1.165, 1.54) is 12.1 Å². The first-order chi connectivity index (χ1) is 6.50. The maximum Gasteiger partial charge on any atom is 0.178 e. The smallest absolute Gasteiger partial charge is 0.178 e. The van der Waals surface area contributed by atoms with Gasteiger partial charge in [0.05, 0.1) is 10.6 Å². The van der Waals surface area contributed by atoms with Gasteiger partial charge in [0.2, 0.25) is 0 Å². The zero-order chi connectivity index (χ0) is 10.3. The molecule has 3 nitrogen and oxygen atoms in total. The van der Waals surface area contributed by atoms with E-state index in [-0.39, 0.29) is 16.7 Å². The van der Waals surface area contributed by atoms with Crippen LogP contribution in [0.4, 0.5) is 4.39 Å². The summed E-state index contributed by atoms with van der Waals surface area (Å²) in [5, 5.41) is 0. The van der Waals surface area contributed by atoms with Crippen LogP contribution in [0.5, 0.6) is 0 Å². The van der Waals surface area contributed by atoms with Crippen molar-refractivity contribution in [1.29, 1.82) is 0 Å². The highest BCUT2D eigenvalue weighted by Crippen LogP contribution is 2.30. The van der Waals surface area contributed by atoms with Crippen LogP contribution in [0.3, 0.4) is 0 Å². The van der Waals surface area contributed by atoms with E-state index in [0.29, 0.717) is 12.0 Å². The van der Waals surface area contributed by atoms with Crippen LogP contribution in [-0.4, -0.2) is 14.2 Å². The molecule has 5 heteroatoms. The predicted octanol–water partition coefficient (Wildman–Crippen LogP) is 1.00. The Bertz CT molecular complexity index is 470. The van der Waals surface area contributed by atoms with Crippen molar-refractivity contribution < 1.29 is 12.8 Å². The summed E-state index contributed by atoms with van der Waals surface area (Å²) in [5.41, 5.74) is 6.26. The molecule has 2 rings (SSSR count). The van der Waals surface area contributed by atoms with Gasteiger partial charge in [-0.15, -0.1) is 0 Å². The van der Waals surface area contributed by atoms with E-state index in [9.17, 15) is 12.8 Å². The van der Waals surface area contributed by atoms with Gasteiger partial charge in [-0.05, 0) is 24.1 Å². The van der Waals surface area contributed by atoms with E-state index < -0.39 is 15.7 Å². The number of hydrogen-bond acceptors (Lipinski definition) is 3. The molecule has 0 unspecified atom stereocenters. The van der Waals surface area contributed by atoms with Crippen molar-refractivity contribution in [2.75, 3.05) is 5.75 Å². The van der Waals surface area contributed by atoms with Gasteiger partial charge in [-0.3, -0.25) is 0 Å². The highest BCUT2D eigenvalue weighted by Gasteiger charge is 2.28. The number of halogens is 1. The monoisotopic (exact) mass is 215 g/mol. The van der Waals surface area contributed by atoms with E-state index in [0.717, 1.165) is 6.07 Å². The lowest BCUT2D eigenvalue weighted by molar-refractivity contribution is 0.561. The minimum atomic E-state index is -3.32. The van der Waals surface area contributed by atoms with Gasteiger partial charge < -0.3 is 5.73 Å². The highest BCUT2D eigenvalue weighted by molar-refractivity contribution is 7.91. The summed E-state index contributed by atoms with van der Waals surface area (Å²) in [6.45, 7) is 0. The van der Waals surface area contributed by atoms with Gasteiger partial charge in [0.25, 0.3) is 0 Å². The van der Waals surface area contributed by atoms with Gasteiger partial charge in [0.15, 0.2) is 9.84 Å². The lowest BCUT2D eigenvalue weighted by atomic mass is 10.1. The van der Waals surface area contributed by atoms with Crippen molar-refractivity contribution >= 4 is 9.84 Å². The predicted molar refractivity (Wildman–Crippen MR) is 50.0 cm³/mol. The summed E-state index contributed by atoms with van der Waals surface area (Å²) in [7, 11) is -3.32. The third-order valence-electron chi connectivity index (χ3n) is 2.41. The van der Waals surface area contributed by atoms with E-state index in [2.05, 4.69) is 0 Å². The van der Waals surface area contributed by atoms with Gasteiger partial charge in [0, 0.05) is 6.04 Å². The van der Waals surface area contributed by atoms with Gasteiger partial charge in [-0.1, -0.05) is 6.07 Å². The average molecular weight is 215 g/mol. The second kappa shape index (κ2) is 3.03. The first-order valence-electron chi connectivity index (χ1n) is 4.28. The second-order valence-electron chi connectivity index (χ2n) is 3.40. The topological polar surface area (TPSA) is 60.2 Å². The molecule has 2 N–H and O–H groups in total. The molecule has 1 aliphatic heterocycles. The van der Waals surface area contributed by atoms with E-state index in [1.807, 2.05) is 0 Å². The number of fused-ring (bicyclic) bond motifs is 1. The first-order valence-corrected chi connectivity index (χ1v) is 5.94. The standard InChI is InChI=1S/C9H10FNO2S/c10-6-1-2-7-8(11)3-4-14(12,13)9(7)5-6/h1-2,5,8H,3-4,11H2/t8-/m0/s1. The van der Waals surface area contributed by atoms with Crippen LogP contribution in [0.15, 0.2) is 23.1 Å². The second-order valence-corrected chi connectivity index (χ2v) is 5.47. The Hall–Kier alpha value is -0.940. The summed E-state index contributed by atoms with van der Waals surface area (Å²) in [5.74, 6) is -0.536. The zero-order valence-corrected chi connectivity index (χ0v) is 8.22. The molecule has 1 aromatic rings. The molecular formula is C9H10FNO2S. The molecule has 0 saturated carbocycles. The van der Waals surface area contributed by atoms with E-state index in [4.69, 9.17) is 5.73 Å². The van der Waals surface area contributed by atoms with Crippen molar-refractivity contribution in [2.24, 2.45) is 5.73 Å². The molecule has 1 aliphatic rings. The van der Waals surface area contributed by atoms with Crippen molar-refractivity contribution in [1.82, 2.24) is 0 Å². The van der Waals surface area contributed by atoms with Crippen molar-refractivity contribution in [3.63, 3.8) is 0 Å². The lowest BCUT2D eigenvalue weighted by Crippen LogP contribution is -2.25. The number of hydrogen-bond donors (Lipinski definition) is 1. The van der Waals surface area contributed by atoms with Gasteiger partial charge in [-0.25, -0.2) is 12.8 Å². The quantitative estimate of drug-likeness (QED) is 0.702. The number of benzene rings is 1. The Labute approximate surface area is 81.7 Å². The fourth-order valence-corrected chi connectivity index (χ4v) is 3.29. The van der Waals surface area contributed by atoms with Crippen molar-refractivity contribution in [2.45, 2.75) is 17.4 Å². The Morgan fingerprint density at radius 2 is 2.14 bits per heavy atom. The van der Waals surface area contributed by atoms with Crippen molar-refractivity contribution in [3.05, 3.63) is 29.6 Å². The maximum absolute atomic E-state index is 12.9. The molecule has 0 radical (unpaired) electrons. The van der Waals surface area contributed by atoms with Crippen LogP contribution in [0, 0.1) is 5.82 Å². The van der Waals surface area contributed by atoms with Crippen molar-refractivity contribution in [3.8, 4) is 0 Å². The van der Waals surface area contributed by atoms with E-state index >= 15 is 0 Å². The molecule has 0 fully saturated rings. The number of sulfone groups is 1. The summed E-state index contributed by atoms with van der Waals surface area (Å²) in [6, 6.07) is 3.43. The summed E-state index contributed by atoms with van der Waals surface area (Å²) < 4.78 is 36.0. The molecule has 0 aliphatic carbocycles. The first kappa shape index (κ1) is 9.61. The van der Waals surface area contributed by atoms with Crippen LogP contribution in [-0.2, 0) is 9.84 Å². The molecule has 76 valence electrons. The summed E-state index contributed by atoms with van der Waals surface area (Å²) in [6.07, 6.45) is 0.404. The highest BCUT2D eigenvalue weighted by atomic mass is 32.2. The molecule has 1 heterocycles. The van der Waals surface area contributed by atoms with Crippen LogP contribution >= 0.6 is 0 Å². The van der Waals surface area contributed by atoms with Gasteiger partial charge in [0.1, 0.15) is 5.82 Å². The Morgan fingerprint density at radius 1 is 1.43 bits per heavy atom. The fraction of sp³-hybridized carbons (Fsp3) is 0.333. The zero-order valence-electron chi connectivity index (χ0n) is 7.40. The Morgan fingerprint density at radius 3 is 2.86 bits per heavy atom. The molecule has 14 heavy (non-hydrogen) atoms. The SMILES string of the molecule is N[C@H]1CCS(=O)(=O)c2cc(F)ccc21. The molecule has 0 aromatic heterocycles. The van der Waals surface area contributed by atoms with Crippen LogP contribution in [0.25, 0.3) is 0 Å². The molecule has 0 saturated heterocycles. The summed E-state index contributed by atoms with van der Waals surface area (Å²) >= 11 is 0. The normalized spacial score (nSPS) is 24.3. The van der Waals surface area contributed by atoms with Crippen LogP contribution in [0.2, 0.25) is 0 Å². The minimum Gasteiger partial charge on any atom is -0.324 e.